The van der Waals surface area contributed by atoms with Crippen LogP contribution in [0.3, 0.4) is 0 Å². The van der Waals surface area contributed by atoms with Gasteiger partial charge in [-0.25, -0.2) is 9.97 Å². The van der Waals surface area contributed by atoms with Gasteiger partial charge >= 0.3 is 5.56 Å². The number of hydrogen-bond donors (Lipinski definition) is 2. The number of nitrogens with zero attached hydrogens (tertiary/aromatic N) is 6. The molecule has 2 aromatic carbocycles. The maximum Gasteiger partial charge on any atom is 0.330 e. The predicted molar refractivity (Wildman–Crippen MR) is 100 cm³/mol. The Morgan fingerprint density at radius 3 is 1.90 bits per heavy atom. The largest absolute Gasteiger partial charge is 0.423 e. The van der Waals surface area contributed by atoms with Crippen molar-refractivity contribution < 1.29 is 10.4 Å². The lowest BCUT2D eigenvalue weighted by molar-refractivity contribution is 0.158. The summed E-state index contributed by atoms with van der Waals surface area (Å²) in [7, 11) is 0. The molecule has 0 radical (unpaired) electrons. The van der Waals surface area contributed by atoms with Crippen molar-refractivity contribution in [3.8, 4) is 11.6 Å². The molecule has 5 rings (SSSR count). The maximum atomic E-state index is 12.8. The lowest BCUT2D eigenvalue weighted by Crippen LogP contribution is -2.33. The fourth-order valence-corrected chi connectivity index (χ4v) is 3.09. The smallest absolute Gasteiger partial charge is 0.330 e. The van der Waals surface area contributed by atoms with Crippen LogP contribution in [0, 0.1) is 0 Å². The summed E-state index contributed by atoms with van der Waals surface area (Å²) >= 11 is 0. The van der Waals surface area contributed by atoms with Crippen LogP contribution in [0.2, 0.25) is 0 Å². The molecule has 0 saturated carbocycles. The van der Waals surface area contributed by atoms with Crippen LogP contribution in [0.25, 0.3) is 39.1 Å². The molecule has 0 fully saturated rings. The van der Waals surface area contributed by atoms with E-state index in [0.29, 0.717) is 4.52 Å². The standard InChI is InChI=1S/C18H10N6O5/c25-16-9-5-1-3-7-11(9)20-15-18(27)24(29)14(21-22(15)16)13-19-12-8-4-2-6-10(12)17(26)23(13)28/h1-8,28-29H. The number of rotatable bonds is 1. The third-order valence-corrected chi connectivity index (χ3v) is 4.49. The van der Waals surface area contributed by atoms with Gasteiger partial charge in [-0.2, -0.15) is 4.52 Å². The number of benzene rings is 2. The topological polar surface area (TPSA) is 145 Å². The molecule has 11 heteroatoms. The summed E-state index contributed by atoms with van der Waals surface area (Å²) in [5.74, 6) is -1.12. The van der Waals surface area contributed by atoms with Gasteiger partial charge in [-0.3, -0.25) is 14.4 Å². The fraction of sp³-hybridized carbons (Fsp3) is 0. The van der Waals surface area contributed by atoms with E-state index in [2.05, 4.69) is 15.1 Å². The molecular weight excluding hydrogens is 380 g/mol. The Morgan fingerprint density at radius 2 is 1.21 bits per heavy atom. The molecule has 0 aliphatic carbocycles. The van der Waals surface area contributed by atoms with Gasteiger partial charge in [-0.1, -0.05) is 24.3 Å². The highest BCUT2D eigenvalue weighted by Gasteiger charge is 2.21. The Kier molecular flexibility index (Phi) is 3.28. The monoisotopic (exact) mass is 390 g/mol. The van der Waals surface area contributed by atoms with Gasteiger partial charge in [0.2, 0.25) is 17.3 Å². The molecule has 0 aliphatic rings. The van der Waals surface area contributed by atoms with Crippen LogP contribution >= 0.6 is 0 Å². The van der Waals surface area contributed by atoms with Crippen LogP contribution in [-0.4, -0.2) is 39.5 Å². The van der Waals surface area contributed by atoms with E-state index in [1.54, 1.807) is 30.3 Å². The van der Waals surface area contributed by atoms with Gasteiger partial charge in [-0.15, -0.1) is 14.6 Å². The molecule has 142 valence electrons. The van der Waals surface area contributed by atoms with Crippen molar-refractivity contribution in [2.75, 3.05) is 0 Å². The second-order valence-corrected chi connectivity index (χ2v) is 6.18. The Balaban J connectivity index is 1.94. The van der Waals surface area contributed by atoms with Crippen LogP contribution in [0.15, 0.2) is 62.9 Å². The molecule has 3 heterocycles. The van der Waals surface area contributed by atoms with Crippen LogP contribution in [0.4, 0.5) is 0 Å². The first-order chi connectivity index (χ1) is 14.0. The summed E-state index contributed by atoms with van der Waals surface area (Å²) in [6, 6.07) is 12.5. The number of fused-ring (bicyclic) bond motifs is 3. The van der Waals surface area contributed by atoms with E-state index in [9.17, 15) is 24.8 Å². The third-order valence-electron chi connectivity index (χ3n) is 4.49. The first kappa shape index (κ1) is 16.6. The minimum atomic E-state index is -1.07. The molecule has 0 amide bonds. The van der Waals surface area contributed by atoms with Crippen LogP contribution in [0.1, 0.15) is 0 Å². The van der Waals surface area contributed by atoms with Gasteiger partial charge in [0.05, 0.1) is 21.8 Å². The van der Waals surface area contributed by atoms with Gasteiger partial charge in [0.25, 0.3) is 11.1 Å². The minimum Gasteiger partial charge on any atom is -0.423 e. The molecule has 3 aromatic heterocycles. The highest BCUT2D eigenvalue weighted by atomic mass is 16.5. The molecule has 0 spiro atoms. The van der Waals surface area contributed by atoms with E-state index in [1.165, 1.54) is 18.2 Å². The SMILES string of the molecule is O=c1c2ccccc2nc(-c2nn3c(=O)c4ccccc4nc3c(=O)n2O)n1O. The lowest BCUT2D eigenvalue weighted by Gasteiger charge is -2.10. The van der Waals surface area contributed by atoms with Crippen molar-refractivity contribution in [1.82, 2.24) is 29.0 Å². The van der Waals surface area contributed by atoms with Crippen molar-refractivity contribution in [2.45, 2.75) is 0 Å². The van der Waals surface area contributed by atoms with Crippen molar-refractivity contribution in [1.29, 1.82) is 0 Å². The first-order valence-corrected chi connectivity index (χ1v) is 8.33. The summed E-state index contributed by atoms with van der Waals surface area (Å²) in [6.07, 6.45) is 0. The molecule has 0 aliphatic heterocycles. The van der Waals surface area contributed by atoms with E-state index in [0.717, 1.165) is 0 Å². The average Bonchev–Trinajstić information content (AvgIpc) is 2.74. The normalized spacial score (nSPS) is 11.4. The Labute approximate surface area is 158 Å². The van der Waals surface area contributed by atoms with Crippen LogP contribution in [0.5, 0.6) is 0 Å². The zero-order valence-corrected chi connectivity index (χ0v) is 14.4. The zero-order valence-electron chi connectivity index (χ0n) is 14.4. The molecule has 0 unspecified atom stereocenters. The van der Waals surface area contributed by atoms with E-state index < -0.39 is 34.0 Å². The predicted octanol–water partition coefficient (Wildman–Crippen LogP) is 0.256. The summed E-state index contributed by atoms with van der Waals surface area (Å²) in [5.41, 5.74) is -2.52. The van der Waals surface area contributed by atoms with Crippen molar-refractivity contribution >= 4 is 27.5 Å². The summed E-state index contributed by atoms with van der Waals surface area (Å²) in [4.78, 5) is 46.0. The number of para-hydroxylation sites is 2. The van der Waals surface area contributed by atoms with Crippen molar-refractivity contribution in [3.63, 3.8) is 0 Å². The van der Waals surface area contributed by atoms with Crippen molar-refractivity contribution in [3.05, 3.63) is 79.6 Å². The van der Waals surface area contributed by atoms with Gasteiger partial charge in [0, 0.05) is 0 Å². The molecule has 5 aromatic rings. The zero-order chi connectivity index (χ0) is 20.3. The Bertz CT molecular complexity index is 1650. The summed E-state index contributed by atoms with van der Waals surface area (Å²) < 4.78 is 0.941. The molecular formula is C18H10N6O5. The van der Waals surface area contributed by atoms with E-state index in [1.807, 2.05) is 0 Å². The van der Waals surface area contributed by atoms with E-state index in [-0.39, 0.29) is 31.3 Å². The number of aromatic nitrogens is 6. The highest BCUT2D eigenvalue weighted by Crippen LogP contribution is 2.15. The summed E-state index contributed by atoms with van der Waals surface area (Å²) in [6.45, 7) is 0. The molecule has 29 heavy (non-hydrogen) atoms. The van der Waals surface area contributed by atoms with Crippen LogP contribution in [-0.2, 0) is 0 Å². The molecule has 0 bridgehead atoms. The molecule has 2 N–H and O–H groups in total. The first-order valence-electron chi connectivity index (χ1n) is 8.33. The van der Waals surface area contributed by atoms with Crippen molar-refractivity contribution in [2.24, 2.45) is 0 Å². The Morgan fingerprint density at radius 1 is 0.655 bits per heavy atom. The van der Waals surface area contributed by atoms with E-state index >= 15 is 0 Å². The van der Waals surface area contributed by atoms with Gasteiger partial charge < -0.3 is 10.4 Å². The van der Waals surface area contributed by atoms with Gasteiger partial charge in [0.1, 0.15) is 0 Å². The fourth-order valence-electron chi connectivity index (χ4n) is 3.09. The minimum absolute atomic E-state index is 0.0831. The van der Waals surface area contributed by atoms with E-state index in [4.69, 9.17) is 0 Å². The molecule has 11 nitrogen and oxygen atoms in total. The highest BCUT2D eigenvalue weighted by molar-refractivity contribution is 5.80. The van der Waals surface area contributed by atoms with Crippen LogP contribution < -0.4 is 16.7 Å². The Hall–Kier alpha value is -4.54. The summed E-state index contributed by atoms with van der Waals surface area (Å²) in [5, 5.41) is 24.8. The van der Waals surface area contributed by atoms with Gasteiger partial charge in [-0.05, 0) is 24.3 Å². The lowest BCUT2D eigenvalue weighted by atomic mass is 10.2. The molecule has 0 saturated heterocycles. The molecule has 0 atom stereocenters. The maximum absolute atomic E-state index is 12.8. The number of hydrogen-bond acceptors (Lipinski definition) is 8. The average molecular weight is 390 g/mol. The van der Waals surface area contributed by atoms with Gasteiger partial charge in [0.15, 0.2) is 0 Å². The second-order valence-electron chi connectivity index (χ2n) is 6.18. The quantitative estimate of drug-likeness (QED) is 0.306. The third kappa shape index (κ3) is 2.24. The second kappa shape index (κ2) is 5.73.